The van der Waals surface area contributed by atoms with Gasteiger partial charge in [-0.25, -0.2) is 4.39 Å². The maximum absolute atomic E-state index is 14.0. The number of nitriles is 1. The minimum absolute atomic E-state index is 0.221. The maximum atomic E-state index is 14.0. The normalized spacial score (nSPS) is 18.7. The lowest BCUT2D eigenvalue weighted by Gasteiger charge is -2.34. The van der Waals surface area contributed by atoms with Crippen LogP contribution >= 0.6 is 0 Å². The molecule has 0 bridgehead atoms. The van der Waals surface area contributed by atoms with Crippen molar-refractivity contribution < 1.29 is 13.6 Å². The molecular formula is C16H14FN3O2. The first-order valence-corrected chi connectivity index (χ1v) is 6.94. The molecule has 2 heterocycles. The van der Waals surface area contributed by atoms with E-state index in [0.29, 0.717) is 31.0 Å². The molecule has 22 heavy (non-hydrogen) atoms. The van der Waals surface area contributed by atoms with Crippen molar-refractivity contribution in [2.45, 2.75) is 12.6 Å². The zero-order valence-corrected chi connectivity index (χ0v) is 11.8. The molecule has 0 spiro atoms. The maximum Gasteiger partial charge on any atom is 0.242 e. The molecule has 1 saturated heterocycles. The summed E-state index contributed by atoms with van der Waals surface area (Å²) in [6, 6.07) is 10.8. The van der Waals surface area contributed by atoms with Crippen LogP contribution in [0.25, 0.3) is 0 Å². The fraction of sp³-hybridized carbons (Fsp3) is 0.250. The molecule has 1 fully saturated rings. The van der Waals surface area contributed by atoms with Gasteiger partial charge in [-0.2, -0.15) is 5.26 Å². The molecule has 1 amide bonds. The Balaban J connectivity index is 1.89. The number of piperazine rings is 1. The first kappa shape index (κ1) is 14.3. The predicted octanol–water partition coefficient (Wildman–Crippen LogP) is 1.96. The van der Waals surface area contributed by atoms with Gasteiger partial charge in [0.1, 0.15) is 23.7 Å². The van der Waals surface area contributed by atoms with Crippen LogP contribution in [0.3, 0.4) is 0 Å². The number of carbonyl (C=O) groups is 1. The first-order chi connectivity index (χ1) is 10.7. The minimum atomic E-state index is -0.703. The van der Waals surface area contributed by atoms with Crippen molar-refractivity contribution in [3.63, 3.8) is 0 Å². The van der Waals surface area contributed by atoms with E-state index in [0.717, 1.165) is 0 Å². The molecule has 3 rings (SSSR count). The van der Waals surface area contributed by atoms with Crippen molar-refractivity contribution in [3.05, 3.63) is 59.3 Å². The molecule has 1 aliphatic rings. The third-order valence-electron chi connectivity index (χ3n) is 3.64. The summed E-state index contributed by atoms with van der Waals surface area (Å²) >= 11 is 0. The van der Waals surface area contributed by atoms with Crippen LogP contribution in [0.1, 0.15) is 23.1 Å². The van der Waals surface area contributed by atoms with E-state index in [1.165, 1.54) is 6.07 Å². The Hall–Kier alpha value is -2.65. The molecule has 6 heteroatoms. The lowest BCUT2D eigenvalue weighted by Crippen LogP contribution is -2.49. The first-order valence-electron chi connectivity index (χ1n) is 6.94. The fourth-order valence-corrected chi connectivity index (χ4v) is 2.64. The number of carbonyl (C=O) groups excluding carboxylic acids is 1. The Morgan fingerprint density at radius 2 is 2.18 bits per heavy atom. The molecule has 112 valence electrons. The Bertz CT molecular complexity index is 735. The highest BCUT2D eigenvalue weighted by Crippen LogP contribution is 2.27. The summed E-state index contributed by atoms with van der Waals surface area (Å²) in [5.74, 6) is 0.154. The van der Waals surface area contributed by atoms with Crippen LogP contribution in [0, 0.1) is 17.1 Å². The second kappa shape index (κ2) is 6.00. The molecule has 1 aromatic carbocycles. The molecule has 0 saturated carbocycles. The average Bonchev–Trinajstić information content (AvgIpc) is 2.96. The number of benzene rings is 1. The number of rotatable bonds is 3. The summed E-state index contributed by atoms with van der Waals surface area (Å²) in [6.45, 7) is 1.41. The predicted molar refractivity (Wildman–Crippen MR) is 76.0 cm³/mol. The van der Waals surface area contributed by atoms with Crippen LogP contribution in [0.4, 0.5) is 4.39 Å². The number of furan rings is 1. The van der Waals surface area contributed by atoms with Gasteiger partial charge in [0, 0.05) is 18.7 Å². The third-order valence-corrected chi connectivity index (χ3v) is 3.64. The van der Waals surface area contributed by atoms with Gasteiger partial charge in [-0.1, -0.05) is 18.2 Å². The van der Waals surface area contributed by atoms with Crippen molar-refractivity contribution in [2.75, 3.05) is 13.1 Å². The van der Waals surface area contributed by atoms with Gasteiger partial charge >= 0.3 is 0 Å². The van der Waals surface area contributed by atoms with Crippen LogP contribution in [-0.2, 0) is 11.3 Å². The second-order valence-electron chi connectivity index (χ2n) is 5.06. The SMILES string of the molecule is N#Cc1ccc(CN2CCNC(=O)C2c2ccccc2F)o1. The molecule has 1 aliphatic heterocycles. The number of nitrogens with zero attached hydrogens (tertiary/aromatic N) is 2. The zero-order chi connectivity index (χ0) is 15.5. The molecule has 5 nitrogen and oxygen atoms in total. The van der Waals surface area contributed by atoms with Crippen molar-refractivity contribution in [3.8, 4) is 6.07 Å². The highest BCUT2D eigenvalue weighted by Gasteiger charge is 2.33. The van der Waals surface area contributed by atoms with E-state index in [2.05, 4.69) is 5.32 Å². The summed E-state index contributed by atoms with van der Waals surface area (Å²) in [4.78, 5) is 14.1. The number of hydrogen-bond donors (Lipinski definition) is 1. The molecule has 0 aliphatic carbocycles. The number of nitrogens with one attached hydrogen (secondary N) is 1. The van der Waals surface area contributed by atoms with Crippen LogP contribution < -0.4 is 5.32 Å². The van der Waals surface area contributed by atoms with E-state index in [1.807, 2.05) is 11.0 Å². The van der Waals surface area contributed by atoms with Crippen molar-refractivity contribution >= 4 is 5.91 Å². The summed E-state index contributed by atoms with van der Waals surface area (Å²) in [7, 11) is 0. The quantitative estimate of drug-likeness (QED) is 0.940. The molecule has 1 atom stereocenters. The molecule has 0 radical (unpaired) electrons. The molecule has 1 unspecified atom stereocenters. The second-order valence-corrected chi connectivity index (χ2v) is 5.06. The van der Waals surface area contributed by atoms with E-state index >= 15 is 0 Å². The Morgan fingerprint density at radius 1 is 1.36 bits per heavy atom. The van der Waals surface area contributed by atoms with Gasteiger partial charge in [0.2, 0.25) is 11.7 Å². The lowest BCUT2D eigenvalue weighted by atomic mass is 10.0. The van der Waals surface area contributed by atoms with E-state index in [9.17, 15) is 9.18 Å². The summed E-state index contributed by atoms with van der Waals surface area (Å²) < 4.78 is 19.4. The summed E-state index contributed by atoms with van der Waals surface area (Å²) in [5, 5.41) is 11.6. The van der Waals surface area contributed by atoms with Crippen LogP contribution in [-0.4, -0.2) is 23.9 Å². The van der Waals surface area contributed by atoms with Crippen LogP contribution in [0.5, 0.6) is 0 Å². The van der Waals surface area contributed by atoms with Gasteiger partial charge < -0.3 is 9.73 Å². The van der Waals surface area contributed by atoms with Crippen molar-refractivity contribution in [1.82, 2.24) is 10.2 Å². The average molecular weight is 299 g/mol. The monoisotopic (exact) mass is 299 g/mol. The van der Waals surface area contributed by atoms with E-state index in [4.69, 9.17) is 9.68 Å². The number of hydrogen-bond acceptors (Lipinski definition) is 4. The van der Waals surface area contributed by atoms with Gasteiger partial charge in [0.15, 0.2) is 0 Å². The van der Waals surface area contributed by atoms with Crippen molar-refractivity contribution in [2.24, 2.45) is 0 Å². The third kappa shape index (κ3) is 2.71. The van der Waals surface area contributed by atoms with Crippen LogP contribution in [0.15, 0.2) is 40.8 Å². The molecule has 1 N–H and O–H groups in total. The number of amides is 1. The Morgan fingerprint density at radius 3 is 2.91 bits per heavy atom. The van der Waals surface area contributed by atoms with Gasteiger partial charge in [-0.3, -0.25) is 9.69 Å². The van der Waals surface area contributed by atoms with Crippen molar-refractivity contribution in [1.29, 1.82) is 5.26 Å². The van der Waals surface area contributed by atoms with Gasteiger partial charge in [0.25, 0.3) is 0 Å². The van der Waals surface area contributed by atoms with Gasteiger partial charge in [-0.05, 0) is 18.2 Å². The fourth-order valence-electron chi connectivity index (χ4n) is 2.64. The zero-order valence-electron chi connectivity index (χ0n) is 11.8. The van der Waals surface area contributed by atoms with E-state index in [1.54, 1.807) is 30.3 Å². The van der Waals surface area contributed by atoms with Crippen LogP contribution in [0.2, 0.25) is 0 Å². The van der Waals surface area contributed by atoms with E-state index in [-0.39, 0.29) is 11.7 Å². The minimum Gasteiger partial charge on any atom is -0.449 e. The lowest BCUT2D eigenvalue weighted by molar-refractivity contribution is -0.129. The molecular weight excluding hydrogens is 285 g/mol. The highest BCUT2D eigenvalue weighted by molar-refractivity contribution is 5.84. The summed E-state index contributed by atoms with van der Waals surface area (Å²) in [5.41, 5.74) is 0.340. The molecule has 2 aromatic rings. The van der Waals surface area contributed by atoms with Gasteiger partial charge in [0.05, 0.1) is 6.54 Å². The number of halogens is 1. The standard InChI is InChI=1S/C16H14FN3O2/c17-14-4-2-1-3-13(14)15-16(21)19-7-8-20(15)10-12-6-5-11(9-18)22-12/h1-6,15H,7-8,10H2,(H,19,21). The van der Waals surface area contributed by atoms with Gasteiger partial charge in [-0.15, -0.1) is 0 Å². The summed E-state index contributed by atoms with van der Waals surface area (Å²) in [6.07, 6.45) is 0. The Labute approximate surface area is 126 Å². The Kier molecular flexibility index (Phi) is 3.90. The highest BCUT2D eigenvalue weighted by atomic mass is 19.1. The smallest absolute Gasteiger partial charge is 0.242 e. The largest absolute Gasteiger partial charge is 0.449 e. The van der Waals surface area contributed by atoms with E-state index < -0.39 is 11.9 Å². The molecule has 1 aromatic heterocycles. The topological polar surface area (TPSA) is 69.3 Å².